The van der Waals surface area contributed by atoms with Crippen LogP contribution in [0.1, 0.15) is 50.6 Å². The summed E-state index contributed by atoms with van der Waals surface area (Å²) < 4.78 is 0. The number of hydrogen-bond acceptors (Lipinski definition) is 2. The third kappa shape index (κ3) is 4.33. The second-order valence-electron chi connectivity index (χ2n) is 7.50. The minimum atomic E-state index is -0.00370. The van der Waals surface area contributed by atoms with Crippen LogP contribution < -0.4 is 5.32 Å². The molecule has 1 aromatic rings. The van der Waals surface area contributed by atoms with Crippen molar-refractivity contribution in [1.82, 2.24) is 15.1 Å². The zero-order chi connectivity index (χ0) is 17.8. The summed E-state index contributed by atoms with van der Waals surface area (Å²) in [7, 11) is 1.80. The van der Waals surface area contributed by atoms with Crippen LogP contribution in [0.25, 0.3) is 0 Å². The molecule has 1 N–H and O–H groups in total. The van der Waals surface area contributed by atoms with Crippen LogP contribution in [0.15, 0.2) is 30.3 Å². The predicted octanol–water partition coefficient (Wildman–Crippen LogP) is 3.18. The van der Waals surface area contributed by atoms with Gasteiger partial charge in [0.25, 0.3) is 0 Å². The van der Waals surface area contributed by atoms with E-state index in [1.165, 1.54) is 19.3 Å². The van der Waals surface area contributed by atoms with Crippen molar-refractivity contribution in [2.24, 2.45) is 5.92 Å². The Morgan fingerprint density at radius 3 is 2.60 bits per heavy atom. The number of hydrogen-bond donors (Lipinski definition) is 1. The van der Waals surface area contributed by atoms with Crippen LogP contribution in [0.5, 0.6) is 0 Å². The molecular weight excluding hydrogens is 314 g/mol. The summed E-state index contributed by atoms with van der Waals surface area (Å²) in [5.41, 5.74) is 1.16. The number of likely N-dealkylation sites (tertiary alicyclic amines) is 1. The molecule has 0 aromatic heterocycles. The average Bonchev–Trinajstić information content (AvgIpc) is 2.57. The van der Waals surface area contributed by atoms with E-state index in [0.29, 0.717) is 18.9 Å². The monoisotopic (exact) mass is 343 g/mol. The molecule has 3 amide bonds. The fourth-order valence-corrected chi connectivity index (χ4v) is 3.67. The third-order valence-corrected chi connectivity index (χ3v) is 5.64. The molecule has 0 bridgehead atoms. The molecule has 2 fully saturated rings. The van der Waals surface area contributed by atoms with Gasteiger partial charge in [-0.15, -0.1) is 0 Å². The number of nitrogens with zero attached hydrogens (tertiary/aromatic N) is 2. The van der Waals surface area contributed by atoms with Gasteiger partial charge in [-0.3, -0.25) is 4.79 Å². The van der Waals surface area contributed by atoms with Gasteiger partial charge in [0, 0.05) is 32.6 Å². The molecule has 136 valence electrons. The van der Waals surface area contributed by atoms with Crippen molar-refractivity contribution < 1.29 is 9.59 Å². The highest BCUT2D eigenvalue weighted by molar-refractivity contribution is 5.78. The van der Waals surface area contributed by atoms with Gasteiger partial charge in [-0.1, -0.05) is 36.8 Å². The first-order valence-electron chi connectivity index (χ1n) is 9.40. The number of likely N-dealkylation sites (N-methyl/N-ethyl adjacent to an activating group) is 1. The van der Waals surface area contributed by atoms with E-state index in [1.807, 2.05) is 23.1 Å². The normalized spacial score (nSPS) is 22.2. The summed E-state index contributed by atoms with van der Waals surface area (Å²) in [6.07, 6.45) is 4.94. The van der Waals surface area contributed by atoms with Crippen molar-refractivity contribution in [1.29, 1.82) is 0 Å². The Morgan fingerprint density at radius 1 is 1.28 bits per heavy atom. The first-order chi connectivity index (χ1) is 12.0. The number of amides is 3. The van der Waals surface area contributed by atoms with Crippen LogP contribution in [0.2, 0.25) is 0 Å². The van der Waals surface area contributed by atoms with Gasteiger partial charge in [0.05, 0.1) is 6.04 Å². The van der Waals surface area contributed by atoms with E-state index >= 15 is 0 Å². The Bertz CT molecular complexity index is 600. The second kappa shape index (κ2) is 7.89. The number of benzene rings is 1. The van der Waals surface area contributed by atoms with Gasteiger partial charge in [0.15, 0.2) is 0 Å². The Labute approximate surface area is 150 Å². The van der Waals surface area contributed by atoms with Crippen molar-refractivity contribution in [3.8, 4) is 0 Å². The zero-order valence-corrected chi connectivity index (χ0v) is 15.3. The van der Waals surface area contributed by atoms with Crippen LogP contribution in [0.3, 0.4) is 0 Å². The number of urea groups is 1. The Hall–Kier alpha value is -2.04. The molecule has 0 radical (unpaired) electrons. The van der Waals surface area contributed by atoms with Crippen LogP contribution in [-0.4, -0.2) is 47.9 Å². The van der Waals surface area contributed by atoms with Gasteiger partial charge in [0.2, 0.25) is 5.91 Å². The van der Waals surface area contributed by atoms with Crippen LogP contribution in [0, 0.1) is 5.92 Å². The van der Waals surface area contributed by atoms with Gasteiger partial charge >= 0.3 is 6.03 Å². The molecule has 1 saturated carbocycles. The molecule has 2 aliphatic rings. The summed E-state index contributed by atoms with van der Waals surface area (Å²) in [6, 6.07) is 10.3. The summed E-state index contributed by atoms with van der Waals surface area (Å²) in [5, 5.41) is 3.17. The lowest BCUT2D eigenvalue weighted by molar-refractivity contribution is -0.132. The van der Waals surface area contributed by atoms with Gasteiger partial charge < -0.3 is 15.1 Å². The molecule has 5 nitrogen and oxygen atoms in total. The lowest BCUT2D eigenvalue weighted by atomic mass is 9.84. The van der Waals surface area contributed by atoms with Crippen molar-refractivity contribution in [2.45, 2.75) is 51.1 Å². The zero-order valence-electron chi connectivity index (χ0n) is 15.3. The van der Waals surface area contributed by atoms with E-state index < -0.39 is 0 Å². The van der Waals surface area contributed by atoms with Crippen molar-refractivity contribution in [3.05, 3.63) is 35.9 Å². The van der Waals surface area contributed by atoms with E-state index in [0.717, 1.165) is 18.5 Å². The van der Waals surface area contributed by atoms with Crippen LogP contribution in [-0.2, 0) is 4.79 Å². The van der Waals surface area contributed by atoms with Crippen molar-refractivity contribution in [3.63, 3.8) is 0 Å². The second-order valence-corrected chi connectivity index (χ2v) is 7.50. The highest BCUT2D eigenvalue weighted by atomic mass is 16.2. The summed E-state index contributed by atoms with van der Waals surface area (Å²) in [4.78, 5) is 28.3. The lowest BCUT2D eigenvalue weighted by Gasteiger charge is -2.38. The van der Waals surface area contributed by atoms with Crippen molar-refractivity contribution in [2.75, 3.05) is 20.1 Å². The number of nitrogens with one attached hydrogen (secondary N) is 1. The Kier molecular flexibility index (Phi) is 5.61. The smallest absolute Gasteiger partial charge is 0.318 e. The third-order valence-electron chi connectivity index (χ3n) is 5.64. The highest BCUT2D eigenvalue weighted by Gasteiger charge is 2.30. The topological polar surface area (TPSA) is 52.7 Å². The van der Waals surface area contributed by atoms with Crippen LogP contribution in [0.4, 0.5) is 4.79 Å². The van der Waals surface area contributed by atoms with E-state index in [-0.39, 0.29) is 24.0 Å². The number of carbonyl (C=O) groups is 2. The van der Waals surface area contributed by atoms with Crippen molar-refractivity contribution >= 4 is 11.9 Å². The molecule has 1 heterocycles. The molecule has 1 aliphatic carbocycles. The standard InChI is InChI=1S/C20H29N3O2/c1-15(17-9-4-3-5-10-17)23(13-16-7-6-8-16)20(25)21-18-11-12-19(24)22(2)14-18/h3-5,9-10,15-16,18H,6-8,11-14H2,1-2H3,(H,21,25)/t15-,18+/m0/s1. The van der Waals surface area contributed by atoms with E-state index in [2.05, 4.69) is 24.4 Å². The maximum atomic E-state index is 13.0. The summed E-state index contributed by atoms with van der Waals surface area (Å²) in [5.74, 6) is 0.780. The summed E-state index contributed by atoms with van der Waals surface area (Å²) in [6.45, 7) is 3.51. The molecule has 1 aromatic carbocycles. The molecule has 5 heteroatoms. The maximum absolute atomic E-state index is 13.0. The maximum Gasteiger partial charge on any atom is 0.318 e. The van der Waals surface area contributed by atoms with Crippen LogP contribution >= 0.6 is 0 Å². The molecule has 1 aliphatic heterocycles. The minimum Gasteiger partial charge on any atom is -0.344 e. The highest BCUT2D eigenvalue weighted by Crippen LogP contribution is 2.30. The predicted molar refractivity (Wildman–Crippen MR) is 98.1 cm³/mol. The van der Waals surface area contributed by atoms with E-state index in [1.54, 1.807) is 11.9 Å². The van der Waals surface area contributed by atoms with E-state index in [9.17, 15) is 9.59 Å². The van der Waals surface area contributed by atoms with Gasteiger partial charge in [-0.05, 0) is 37.7 Å². The fourth-order valence-electron chi connectivity index (χ4n) is 3.67. The number of rotatable bonds is 5. The Balaban J connectivity index is 1.67. The fraction of sp³-hybridized carbons (Fsp3) is 0.600. The molecule has 0 unspecified atom stereocenters. The largest absolute Gasteiger partial charge is 0.344 e. The SMILES string of the molecule is C[C@@H](c1ccccc1)N(CC1CCC1)C(=O)N[C@@H]1CCC(=O)N(C)C1. The number of carbonyl (C=O) groups excluding carboxylic acids is 2. The first-order valence-corrected chi connectivity index (χ1v) is 9.40. The molecule has 3 rings (SSSR count). The molecule has 2 atom stereocenters. The van der Waals surface area contributed by atoms with Gasteiger partial charge in [-0.25, -0.2) is 4.79 Å². The molecular formula is C20H29N3O2. The number of piperidine rings is 1. The molecule has 0 spiro atoms. The average molecular weight is 343 g/mol. The quantitative estimate of drug-likeness (QED) is 0.893. The summed E-state index contributed by atoms with van der Waals surface area (Å²) >= 11 is 0. The lowest BCUT2D eigenvalue weighted by Crippen LogP contribution is -2.53. The minimum absolute atomic E-state index is 0.00370. The van der Waals surface area contributed by atoms with Gasteiger partial charge in [-0.2, -0.15) is 0 Å². The van der Waals surface area contributed by atoms with E-state index in [4.69, 9.17) is 0 Å². The first kappa shape index (κ1) is 17.8. The molecule has 1 saturated heterocycles. The van der Waals surface area contributed by atoms with Gasteiger partial charge in [0.1, 0.15) is 0 Å². The molecule has 25 heavy (non-hydrogen) atoms. The Morgan fingerprint density at radius 2 is 2.00 bits per heavy atom.